The van der Waals surface area contributed by atoms with Crippen molar-refractivity contribution in [2.75, 3.05) is 13.1 Å². The highest BCUT2D eigenvalue weighted by Gasteiger charge is 2.45. The number of benzene rings is 1. The summed E-state index contributed by atoms with van der Waals surface area (Å²) in [5, 5.41) is 3.41. The van der Waals surface area contributed by atoms with Crippen molar-refractivity contribution in [3.63, 3.8) is 0 Å². The maximum absolute atomic E-state index is 12.2. The van der Waals surface area contributed by atoms with Crippen LogP contribution in [0.1, 0.15) is 19.4 Å². The van der Waals surface area contributed by atoms with Crippen LogP contribution in [0.5, 0.6) is 0 Å². The quantitative estimate of drug-likeness (QED) is 0.599. The number of carbonyl (C=O) groups excluding carboxylic acids is 4. The number of carbonyl (C=O) groups is 4. The highest BCUT2D eigenvalue weighted by atomic mass is 35.5. The number of amides is 5. The van der Waals surface area contributed by atoms with E-state index >= 15 is 0 Å². The lowest BCUT2D eigenvalue weighted by atomic mass is 10.2. The van der Waals surface area contributed by atoms with Crippen LogP contribution in [0.25, 0.3) is 0 Å². The van der Waals surface area contributed by atoms with Crippen LogP contribution in [0, 0.1) is 5.92 Å². The van der Waals surface area contributed by atoms with Crippen molar-refractivity contribution >= 4 is 47.0 Å². The van der Waals surface area contributed by atoms with E-state index in [9.17, 15) is 19.2 Å². The Bertz CT molecular complexity index is 736. The van der Waals surface area contributed by atoms with E-state index in [-0.39, 0.29) is 19.0 Å². The maximum Gasteiger partial charge on any atom is 0.334 e. The third-order valence-electron chi connectivity index (χ3n) is 3.48. The summed E-state index contributed by atoms with van der Waals surface area (Å²) in [7, 11) is 0. The molecular weight excluding hydrogens is 369 g/mol. The molecule has 25 heavy (non-hydrogen) atoms. The van der Waals surface area contributed by atoms with Gasteiger partial charge in [0.25, 0.3) is 0 Å². The van der Waals surface area contributed by atoms with Gasteiger partial charge in [-0.25, -0.2) is 9.69 Å². The van der Waals surface area contributed by atoms with Crippen molar-refractivity contribution in [1.29, 1.82) is 0 Å². The van der Waals surface area contributed by atoms with Gasteiger partial charge in [-0.15, -0.1) is 0 Å². The van der Waals surface area contributed by atoms with Gasteiger partial charge in [0.15, 0.2) is 0 Å². The van der Waals surface area contributed by atoms with E-state index < -0.39 is 30.3 Å². The summed E-state index contributed by atoms with van der Waals surface area (Å²) >= 11 is 11.8. The smallest absolute Gasteiger partial charge is 0.334 e. The Hall–Kier alpha value is -2.12. The third-order valence-corrected chi connectivity index (χ3v) is 4.06. The van der Waals surface area contributed by atoms with E-state index in [0.29, 0.717) is 20.5 Å². The highest BCUT2D eigenvalue weighted by molar-refractivity contribution is 6.45. The van der Waals surface area contributed by atoms with Crippen LogP contribution in [0.4, 0.5) is 4.79 Å². The van der Waals surface area contributed by atoms with Gasteiger partial charge in [-0.1, -0.05) is 43.1 Å². The second-order valence-corrected chi connectivity index (χ2v) is 6.84. The number of rotatable bonds is 6. The van der Waals surface area contributed by atoms with Gasteiger partial charge in [-0.3, -0.25) is 19.3 Å². The van der Waals surface area contributed by atoms with E-state index in [1.165, 1.54) is 0 Å². The largest absolute Gasteiger partial charge is 0.350 e. The summed E-state index contributed by atoms with van der Waals surface area (Å²) in [4.78, 5) is 49.4. The maximum atomic E-state index is 12.2. The molecule has 0 aromatic heterocycles. The van der Waals surface area contributed by atoms with Gasteiger partial charge in [-0.05, 0) is 23.6 Å². The Morgan fingerprint density at radius 2 is 1.76 bits per heavy atom. The molecule has 134 valence electrons. The summed E-state index contributed by atoms with van der Waals surface area (Å²) in [6, 6.07) is 4.06. The zero-order valence-electron chi connectivity index (χ0n) is 13.7. The lowest BCUT2D eigenvalue weighted by Crippen LogP contribution is -2.41. The second kappa shape index (κ2) is 7.84. The molecule has 1 aliphatic heterocycles. The van der Waals surface area contributed by atoms with Gasteiger partial charge in [0.1, 0.15) is 6.54 Å². The normalized spacial score (nSPS) is 14.7. The Labute approximate surface area is 154 Å². The monoisotopic (exact) mass is 385 g/mol. The molecule has 0 bridgehead atoms. The summed E-state index contributed by atoms with van der Waals surface area (Å²) in [5.74, 6) is -2.47. The molecule has 0 spiro atoms. The Kier molecular flexibility index (Phi) is 6.02. The van der Waals surface area contributed by atoms with Crippen LogP contribution in [-0.2, 0) is 20.9 Å². The van der Waals surface area contributed by atoms with Crippen LogP contribution >= 0.6 is 23.2 Å². The lowest BCUT2D eigenvalue weighted by Gasteiger charge is -2.17. The predicted molar refractivity (Wildman–Crippen MR) is 92.0 cm³/mol. The van der Waals surface area contributed by atoms with E-state index in [0.717, 1.165) is 4.90 Å². The molecule has 1 aliphatic rings. The summed E-state index contributed by atoms with van der Waals surface area (Å²) in [5.41, 5.74) is 0.635. The number of hydrogen-bond acceptors (Lipinski definition) is 4. The van der Waals surface area contributed by atoms with Gasteiger partial charge in [0, 0.05) is 23.1 Å². The fraction of sp³-hybridized carbons (Fsp3) is 0.375. The van der Waals surface area contributed by atoms with Crippen molar-refractivity contribution in [3.8, 4) is 0 Å². The molecule has 1 saturated heterocycles. The first-order chi connectivity index (χ1) is 11.7. The number of nitrogens with zero attached hydrogens (tertiary/aromatic N) is 2. The molecule has 0 aliphatic carbocycles. The van der Waals surface area contributed by atoms with Crippen molar-refractivity contribution in [1.82, 2.24) is 15.1 Å². The zero-order valence-corrected chi connectivity index (χ0v) is 15.2. The third kappa shape index (κ3) is 4.49. The molecule has 1 N–H and O–H groups in total. The summed E-state index contributed by atoms with van der Waals surface area (Å²) < 4.78 is 0. The van der Waals surface area contributed by atoms with Crippen LogP contribution < -0.4 is 5.32 Å². The fourth-order valence-electron chi connectivity index (χ4n) is 2.27. The van der Waals surface area contributed by atoms with E-state index in [2.05, 4.69) is 5.32 Å². The molecule has 9 heteroatoms. The van der Waals surface area contributed by atoms with Gasteiger partial charge >= 0.3 is 17.8 Å². The minimum atomic E-state index is -0.995. The highest BCUT2D eigenvalue weighted by Crippen LogP contribution is 2.20. The van der Waals surface area contributed by atoms with E-state index in [4.69, 9.17) is 23.2 Å². The average molecular weight is 386 g/mol. The SMILES string of the molecule is CC(C)CN1C(=O)C(=O)N(CC(=O)NCc2ccc(Cl)cc2Cl)C1=O. The minimum Gasteiger partial charge on any atom is -0.350 e. The molecule has 0 atom stereocenters. The first kappa shape index (κ1) is 19.2. The standard InChI is InChI=1S/C16H17Cl2N3O4/c1-9(2)7-20-14(23)15(24)21(16(20)25)8-13(22)19-6-10-3-4-11(17)5-12(10)18/h3-5,9H,6-8H2,1-2H3,(H,19,22). The topological polar surface area (TPSA) is 86.8 Å². The van der Waals surface area contributed by atoms with Gasteiger partial charge in [0.2, 0.25) is 5.91 Å². The number of imide groups is 2. The predicted octanol–water partition coefficient (Wildman–Crippen LogP) is 2.06. The van der Waals surface area contributed by atoms with Crippen LogP contribution in [0.15, 0.2) is 18.2 Å². The molecule has 7 nitrogen and oxygen atoms in total. The number of nitrogens with one attached hydrogen (secondary N) is 1. The molecule has 0 saturated carbocycles. The van der Waals surface area contributed by atoms with Crippen LogP contribution in [-0.4, -0.2) is 46.6 Å². The molecule has 1 aromatic carbocycles. The molecule has 2 rings (SSSR count). The minimum absolute atomic E-state index is 0.0153. The Morgan fingerprint density at radius 1 is 1.12 bits per heavy atom. The second-order valence-electron chi connectivity index (χ2n) is 6.00. The molecule has 1 aromatic rings. The molecule has 0 radical (unpaired) electrons. The lowest BCUT2D eigenvalue weighted by molar-refractivity contribution is -0.144. The fourth-order valence-corrected chi connectivity index (χ4v) is 2.75. The zero-order chi connectivity index (χ0) is 18.7. The Morgan fingerprint density at radius 3 is 2.36 bits per heavy atom. The van der Waals surface area contributed by atoms with Gasteiger partial charge in [0.05, 0.1) is 0 Å². The molecule has 1 heterocycles. The summed E-state index contributed by atoms with van der Waals surface area (Å²) in [6.07, 6.45) is 0. The molecule has 1 fully saturated rings. The van der Waals surface area contributed by atoms with Crippen molar-refractivity contribution in [2.45, 2.75) is 20.4 Å². The number of halogens is 2. The van der Waals surface area contributed by atoms with Crippen molar-refractivity contribution in [3.05, 3.63) is 33.8 Å². The number of urea groups is 1. The van der Waals surface area contributed by atoms with E-state index in [1.54, 1.807) is 18.2 Å². The van der Waals surface area contributed by atoms with Gasteiger partial charge in [-0.2, -0.15) is 0 Å². The van der Waals surface area contributed by atoms with Crippen molar-refractivity contribution < 1.29 is 19.2 Å². The van der Waals surface area contributed by atoms with Crippen LogP contribution in [0.2, 0.25) is 10.0 Å². The van der Waals surface area contributed by atoms with Crippen molar-refractivity contribution in [2.24, 2.45) is 5.92 Å². The molecule has 5 amide bonds. The van der Waals surface area contributed by atoms with Gasteiger partial charge < -0.3 is 5.32 Å². The first-order valence-electron chi connectivity index (χ1n) is 7.58. The molecule has 0 unspecified atom stereocenters. The molecular formula is C16H17Cl2N3O4. The summed E-state index contributed by atoms with van der Waals surface area (Å²) in [6.45, 7) is 3.34. The first-order valence-corrected chi connectivity index (χ1v) is 8.34. The average Bonchev–Trinajstić information content (AvgIpc) is 2.71. The van der Waals surface area contributed by atoms with E-state index in [1.807, 2.05) is 13.8 Å². The number of hydrogen-bond donors (Lipinski definition) is 1. The van der Waals surface area contributed by atoms with Crippen LogP contribution in [0.3, 0.4) is 0 Å². The Balaban J connectivity index is 1.97.